The maximum Gasteiger partial charge on any atom is 0.459 e. The van der Waals surface area contributed by atoms with Crippen molar-refractivity contribution in [1.29, 1.82) is 0 Å². The van der Waals surface area contributed by atoms with Gasteiger partial charge in [-0.3, -0.25) is 13.9 Å². The largest absolute Gasteiger partial charge is 0.465 e. The number of aromatic nitrogens is 4. The molecule has 1 saturated heterocycles. The second kappa shape index (κ2) is 13.7. The molecule has 6 atom stereocenters. The molecule has 1 aliphatic heterocycles. The average Bonchev–Trinajstić information content (AvgIpc) is 3.49. The first-order valence-corrected chi connectivity index (χ1v) is 16.1. The quantitative estimate of drug-likeness (QED) is 0.0709. The van der Waals surface area contributed by atoms with Crippen molar-refractivity contribution in [3.63, 3.8) is 0 Å². The van der Waals surface area contributed by atoms with E-state index >= 15 is 0 Å². The number of ether oxygens (including phenoxy) is 2. The molecule has 16 heteroatoms. The number of esters is 1. The van der Waals surface area contributed by atoms with E-state index in [0.717, 1.165) is 18.2 Å². The Labute approximate surface area is 258 Å². The molecule has 0 saturated carbocycles. The lowest BCUT2D eigenvalue weighted by Gasteiger charge is -2.25. The van der Waals surface area contributed by atoms with E-state index in [-0.39, 0.29) is 34.6 Å². The SMILES string of the molecule is CCCCCOC(=O)[C@H](C)NP(=O)(OC[C@H]1O[C@@H](n2c(Cl)nc3c(N)ncnc32)[C@@H](O)C1O)Oc1cccc2ccccc12. The molecular formula is C28H34ClN6O8P. The van der Waals surface area contributed by atoms with Crippen LogP contribution in [-0.4, -0.2) is 73.3 Å². The van der Waals surface area contributed by atoms with E-state index < -0.39 is 50.9 Å². The zero-order valence-electron chi connectivity index (χ0n) is 24.1. The molecule has 236 valence electrons. The van der Waals surface area contributed by atoms with Crippen LogP contribution in [0.4, 0.5) is 5.82 Å². The van der Waals surface area contributed by atoms with E-state index in [0.29, 0.717) is 11.8 Å². The third-order valence-corrected chi connectivity index (χ3v) is 9.02. The number of nitrogens with one attached hydrogen (secondary N) is 1. The molecule has 2 aromatic heterocycles. The molecule has 0 spiro atoms. The van der Waals surface area contributed by atoms with Crippen molar-refractivity contribution in [2.24, 2.45) is 0 Å². The number of carbonyl (C=O) groups is 1. The molecule has 14 nitrogen and oxygen atoms in total. The van der Waals surface area contributed by atoms with Gasteiger partial charge in [-0.1, -0.05) is 56.2 Å². The summed E-state index contributed by atoms with van der Waals surface area (Å²) in [6, 6.07) is 11.5. The number of aliphatic hydroxyl groups is 2. The number of nitrogens with two attached hydrogens (primary N) is 1. The van der Waals surface area contributed by atoms with Gasteiger partial charge in [0.2, 0.25) is 5.28 Å². The van der Waals surface area contributed by atoms with Gasteiger partial charge in [0.25, 0.3) is 0 Å². The highest BCUT2D eigenvalue weighted by molar-refractivity contribution is 7.52. The summed E-state index contributed by atoms with van der Waals surface area (Å²) < 4.78 is 38.4. The number of carbonyl (C=O) groups excluding carboxylic acids is 1. The summed E-state index contributed by atoms with van der Waals surface area (Å²) in [6.45, 7) is 3.22. The highest BCUT2D eigenvalue weighted by atomic mass is 35.5. The first-order chi connectivity index (χ1) is 21.1. The summed E-state index contributed by atoms with van der Waals surface area (Å²) in [4.78, 5) is 24.8. The van der Waals surface area contributed by atoms with Gasteiger partial charge >= 0.3 is 13.7 Å². The molecule has 1 fully saturated rings. The number of halogens is 1. The lowest BCUT2D eigenvalue weighted by atomic mass is 10.1. The smallest absolute Gasteiger partial charge is 0.459 e. The summed E-state index contributed by atoms with van der Waals surface area (Å²) in [7, 11) is -4.34. The van der Waals surface area contributed by atoms with Gasteiger partial charge in [0.05, 0.1) is 13.2 Å². The van der Waals surface area contributed by atoms with Crippen LogP contribution in [0.2, 0.25) is 5.28 Å². The standard InChI is InChI=1S/C28H34ClN6O8P/c1-3-4-7-13-40-27(38)16(2)34-44(39,43-19-12-8-10-17-9-5-6-11-18(17)19)41-14-20-22(36)23(37)26(42-20)35-25-21(33-28(35)29)24(30)31-15-32-25/h5-6,8-12,15-16,20,22-23,26,36-37H,3-4,7,13-14H2,1-2H3,(H,34,39)(H2,30,31,32)/t16-,20+,22?,23-,26+,44?/m0/s1. The zero-order chi connectivity index (χ0) is 31.4. The summed E-state index contributed by atoms with van der Waals surface area (Å²) >= 11 is 6.31. The molecule has 0 amide bonds. The maximum absolute atomic E-state index is 14.2. The third kappa shape index (κ3) is 6.81. The first-order valence-electron chi connectivity index (χ1n) is 14.1. The number of anilines is 1. The predicted molar refractivity (Wildman–Crippen MR) is 162 cm³/mol. The van der Waals surface area contributed by atoms with E-state index in [1.165, 1.54) is 17.8 Å². The number of hydrogen-bond donors (Lipinski definition) is 4. The lowest BCUT2D eigenvalue weighted by molar-refractivity contribution is -0.145. The minimum absolute atomic E-state index is 0.0687. The van der Waals surface area contributed by atoms with Crippen LogP contribution in [0, 0.1) is 0 Å². The van der Waals surface area contributed by atoms with Gasteiger partial charge in [0.1, 0.15) is 36.4 Å². The van der Waals surface area contributed by atoms with Crippen LogP contribution >= 0.6 is 19.3 Å². The van der Waals surface area contributed by atoms with Crippen LogP contribution in [0.15, 0.2) is 48.8 Å². The monoisotopic (exact) mass is 648 g/mol. The normalized spacial score (nSPS) is 22.2. The van der Waals surface area contributed by atoms with E-state index in [1.807, 2.05) is 25.1 Å². The van der Waals surface area contributed by atoms with Crippen LogP contribution < -0.4 is 15.3 Å². The van der Waals surface area contributed by atoms with Gasteiger partial charge in [0.15, 0.2) is 23.2 Å². The molecule has 0 bridgehead atoms. The summed E-state index contributed by atoms with van der Waals surface area (Å²) in [5.41, 5.74) is 6.25. The molecule has 0 radical (unpaired) electrons. The second-order valence-corrected chi connectivity index (χ2v) is 12.3. The fourth-order valence-corrected chi connectivity index (χ4v) is 6.59. The van der Waals surface area contributed by atoms with Gasteiger partial charge < -0.3 is 29.9 Å². The van der Waals surface area contributed by atoms with Gasteiger partial charge in [-0.2, -0.15) is 5.09 Å². The second-order valence-electron chi connectivity index (χ2n) is 10.3. The van der Waals surface area contributed by atoms with E-state index in [2.05, 4.69) is 20.0 Å². The number of unbranched alkanes of at least 4 members (excludes halogenated alkanes) is 2. The van der Waals surface area contributed by atoms with Crippen molar-refractivity contribution in [3.8, 4) is 5.75 Å². The van der Waals surface area contributed by atoms with Gasteiger partial charge in [-0.15, -0.1) is 0 Å². The minimum Gasteiger partial charge on any atom is -0.465 e. The number of imidazole rings is 1. The number of hydrogen-bond acceptors (Lipinski definition) is 12. The van der Waals surface area contributed by atoms with Crippen molar-refractivity contribution < 1.29 is 38.1 Å². The molecule has 4 aromatic rings. The Morgan fingerprint density at radius 1 is 1.18 bits per heavy atom. The number of fused-ring (bicyclic) bond motifs is 2. The highest BCUT2D eigenvalue weighted by Gasteiger charge is 2.47. The molecule has 1 aliphatic rings. The van der Waals surface area contributed by atoms with Crippen molar-refractivity contribution >= 4 is 53.1 Å². The van der Waals surface area contributed by atoms with Crippen LogP contribution in [0.25, 0.3) is 21.9 Å². The topological polar surface area (TPSA) is 193 Å². The van der Waals surface area contributed by atoms with Gasteiger partial charge in [0, 0.05) is 5.39 Å². The van der Waals surface area contributed by atoms with Crippen molar-refractivity contribution in [2.45, 2.75) is 63.7 Å². The fraction of sp³-hybridized carbons (Fsp3) is 0.429. The molecule has 5 N–H and O–H groups in total. The molecule has 0 aliphatic carbocycles. The Morgan fingerprint density at radius 2 is 1.95 bits per heavy atom. The Morgan fingerprint density at radius 3 is 2.75 bits per heavy atom. The predicted octanol–water partition coefficient (Wildman–Crippen LogP) is 3.75. The highest BCUT2D eigenvalue weighted by Crippen LogP contribution is 2.48. The number of rotatable bonds is 13. The fourth-order valence-electron chi connectivity index (χ4n) is 4.81. The van der Waals surface area contributed by atoms with E-state index in [9.17, 15) is 19.6 Å². The van der Waals surface area contributed by atoms with Gasteiger partial charge in [-0.25, -0.2) is 19.5 Å². The molecule has 5 rings (SSSR count). The lowest BCUT2D eigenvalue weighted by Crippen LogP contribution is -2.37. The maximum atomic E-state index is 14.2. The van der Waals surface area contributed by atoms with Gasteiger partial charge in [-0.05, 0) is 36.4 Å². The first kappa shape index (κ1) is 32.0. The zero-order valence-corrected chi connectivity index (χ0v) is 25.7. The van der Waals surface area contributed by atoms with E-state index in [1.54, 1.807) is 24.3 Å². The van der Waals surface area contributed by atoms with Crippen LogP contribution in [0.1, 0.15) is 39.3 Å². The Kier molecular flexibility index (Phi) is 10.0. The number of nitrogen functional groups attached to an aromatic ring is 1. The van der Waals surface area contributed by atoms with Crippen LogP contribution in [0.3, 0.4) is 0 Å². The number of benzene rings is 2. The Balaban J connectivity index is 1.36. The summed E-state index contributed by atoms with van der Waals surface area (Å²) in [5, 5.41) is 25.8. The molecule has 44 heavy (non-hydrogen) atoms. The molecule has 2 aromatic carbocycles. The minimum atomic E-state index is -4.34. The Hall–Kier alpha value is -3.36. The number of nitrogens with zero attached hydrogens (tertiary/aromatic N) is 4. The summed E-state index contributed by atoms with van der Waals surface area (Å²) in [5.74, 6) is -0.330. The van der Waals surface area contributed by atoms with Crippen LogP contribution in [0.5, 0.6) is 5.75 Å². The van der Waals surface area contributed by atoms with Crippen molar-refractivity contribution in [2.75, 3.05) is 18.9 Å². The third-order valence-electron chi connectivity index (χ3n) is 7.13. The Bertz CT molecular complexity index is 1670. The van der Waals surface area contributed by atoms with E-state index in [4.69, 9.17) is 35.9 Å². The molecule has 3 heterocycles. The number of aliphatic hydroxyl groups excluding tert-OH is 2. The summed E-state index contributed by atoms with van der Waals surface area (Å²) in [6.07, 6.45) is -1.68. The van der Waals surface area contributed by atoms with Crippen LogP contribution in [-0.2, 0) is 23.4 Å². The van der Waals surface area contributed by atoms with Crippen molar-refractivity contribution in [3.05, 3.63) is 54.1 Å². The van der Waals surface area contributed by atoms with Crippen molar-refractivity contribution in [1.82, 2.24) is 24.6 Å². The average molecular weight is 649 g/mol. The molecule has 2 unspecified atom stereocenters. The molecular weight excluding hydrogens is 615 g/mol.